The summed E-state index contributed by atoms with van der Waals surface area (Å²) in [5.74, 6) is 0.521. The first kappa shape index (κ1) is 11.4. The summed E-state index contributed by atoms with van der Waals surface area (Å²) >= 11 is 0. The van der Waals surface area contributed by atoms with E-state index in [2.05, 4.69) is 10.3 Å². The van der Waals surface area contributed by atoms with Gasteiger partial charge in [0.2, 0.25) is 0 Å². The van der Waals surface area contributed by atoms with E-state index in [0.717, 1.165) is 0 Å². The lowest BCUT2D eigenvalue weighted by atomic mass is 10.3. The number of anilines is 1. The van der Waals surface area contributed by atoms with Crippen LogP contribution in [0.3, 0.4) is 0 Å². The number of nitrogens with one attached hydrogen (secondary N) is 1. The number of hydrogen-bond acceptors (Lipinski definition) is 5. The van der Waals surface area contributed by atoms with Crippen LogP contribution in [0.1, 0.15) is 13.3 Å². The summed E-state index contributed by atoms with van der Waals surface area (Å²) < 4.78 is 0. The first-order valence-corrected chi connectivity index (χ1v) is 4.66. The van der Waals surface area contributed by atoms with Crippen LogP contribution in [0.15, 0.2) is 18.3 Å². The van der Waals surface area contributed by atoms with Crippen LogP contribution in [0.4, 0.5) is 11.5 Å². The van der Waals surface area contributed by atoms with Crippen LogP contribution >= 0.6 is 0 Å². The van der Waals surface area contributed by atoms with Crippen molar-refractivity contribution in [3.8, 4) is 0 Å². The fourth-order valence-electron chi connectivity index (χ4n) is 0.965. The minimum atomic E-state index is -0.502. The van der Waals surface area contributed by atoms with E-state index < -0.39 is 11.0 Å². The summed E-state index contributed by atoms with van der Waals surface area (Å²) in [6.45, 7) is 2.26. The van der Waals surface area contributed by atoms with Gasteiger partial charge in [-0.3, -0.25) is 10.1 Å². The first-order valence-electron chi connectivity index (χ1n) is 4.66. The Balaban J connectivity index is 2.53. The van der Waals surface area contributed by atoms with Gasteiger partial charge in [-0.25, -0.2) is 4.98 Å². The highest BCUT2D eigenvalue weighted by molar-refractivity contribution is 5.40. The second-order valence-corrected chi connectivity index (χ2v) is 3.10. The van der Waals surface area contributed by atoms with Crippen LogP contribution < -0.4 is 5.32 Å². The van der Waals surface area contributed by atoms with Gasteiger partial charge in [0.1, 0.15) is 12.0 Å². The van der Waals surface area contributed by atoms with Gasteiger partial charge in [-0.1, -0.05) is 6.92 Å². The third-order valence-corrected chi connectivity index (χ3v) is 1.95. The molecule has 1 unspecified atom stereocenters. The third kappa shape index (κ3) is 3.51. The van der Waals surface area contributed by atoms with E-state index in [9.17, 15) is 15.2 Å². The van der Waals surface area contributed by atoms with E-state index in [4.69, 9.17) is 0 Å². The molecule has 0 bridgehead atoms. The fraction of sp³-hybridized carbons (Fsp3) is 0.444. The predicted molar refractivity (Wildman–Crippen MR) is 55.7 cm³/mol. The Morgan fingerprint density at radius 1 is 1.67 bits per heavy atom. The monoisotopic (exact) mass is 211 g/mol. The zero-order chi connectivity index (χ0) is 11.3. The minimum Gasteiger partial charge on any atom is -0.391 e. The summed E-state index contributed by atoms with van der Waals surface area (Å²) in [5, 5.41) is 22.5. The molecule has 1 rings (SSSR count). The topological polar surface area (TPSA) is 88.3 Å². The smallest absolute Gasteiger partial charge is 0.287 e. The van der Waals surface area contributed by atoms with Gasteiger partial charge in [-0.15, -0.1) is 0 Å². The Bertz CT molecular complexity index is 326. The number of rotatable bonds is 5. The molecule has 2 N–H and O–H groups in total. The molecule has 0 spiro atoms. The van der Waals surface area contributed by atoms with Crippen LogP contribution in [-0.4, -0.2) is 27.7 Å². The van der Waals surface area contributed by atoms with E-state index in [1.54, 1.807) is 0 Å². The second-order valence-electron chi connectivity index (χ2n) is 3.10. The molecule has 0 saturated carbocycles. The van der Waals surface area contributed by atoms with E-state index in [0.29, 0.717) is 18.8 Å². The summed E-state index contributed by atoms with van der Waals surface area (Å²) in [4.78, 5) is 13.7. The van der Waals surface area contributed by atoms with Crippen LogP contribution in [-0.2, 0) is 0 Å². The third-order valence-electron chi connectivity index (χ3n) is 1.95. The Labute approximate surface area is 87.1 Å². The maximum atomic E-state index is 10.3. The molecule has 0 amide bonds. The van der Waals surface area contributed by atoms with Crippen LogP contribution in [0.2, 0.25) is 0 Å². The maximum Gasteiger partial charge on any atom is 0.287 e. The summed E-state index contributed by atoms with van der Waals surface area (Å²) in [7, 11) is 0. The highest BCUT2D eigenvalue weighted by Gasteiger charge is 2.05. The van der Waals surface area contributed by atoms with Crippen molar-refractivity contribution in [3.05, 3.63) is 28.4 Å². The molecular formula is C9H13N3O3. The average molecular weight is 211 g/mol. The lowest BCUT2D eigenvalue weighted by molar-refractivity contribution is -0.385. The lowest BCUT2D eigenvalue weighted by Gasteiger charge is -2.09. The molecule has 1 atom stereocenters. The van der Waals surface area contributed by atoms with E-state index in [1.807, 2.05) is 6.92 Å². The Hall–Kier alpha value is -1.69. The molecule has 1 aromatic rings. The molecule has 0 aliphatic rings. The van der Waals surface area contributed by atoms with Gasteiger partial charge in [0.05, 0.1) is 11.0 Å². The normalized spacial score (nSPS) is 12.1. The van der Waals surface area contributed by atoms with Crippen molar-refractivity contribution < 1.29 is 10.0 Å². The van der Waals surface area contributed by atoms with E-state index >= 15 is 0 Å². The molecule has 82 valence electrons. The molecule has 0 fully saturated rings. The van der Waals surface area contributed by atoms with Crippen molar-refractivity contribution >= 4 is 11.5 Å². The summed E-state index contributed by atoms with van der Waals surface area (Å²) in [5.41, 5.74) is -0.0448. The molecule has 0 saturated heterocycles. The van der Waals surface area contributed by atoms with Crippen LogP contribution in [0, 0.1) is 10.1 Å². The molecule has 6 nitrogen and oxygen atoms in total. The van der Waals surface area contributed by atoms with E-state index in [-0.39, 0.29) is 5.69 Å². The first-order chi connectivity index (χ1) is 7.13. The Kier molecular flexibility index (Phi) is 3.99. The quantitative estimate of drug-likeness (QED) is 0.563. The van der Waals surface area contributed by atoms with Gasteiger partial charge in [0.25, 0.3) is 5.69 Å². The van der Waals surface area contributed by atoms with E-state index in [1.165, 1.54) is 18.3 Å². The molecule has 0 aromatic carbocycles. The molecule has 0 aliphatic carbocycles. The van der Waals surface area contributed by atoms with Crippen molar-refractivity contribution in [2.45, 2.75) is 19.4 Å². The zero-order valence-electron chi connectivity index (χ0n) is 8.38. The Morgan fingerprint density at radius 3 is 2.87 bits per heavy atom. The summed E-state index contributed by atoms with van der Waals surface area (Å²) in [6, 6.07) is 2.88. The highest BCUT2D eigenvalue weighted by Crippen LogP contribution is 2.11. The molecule has 1 heterocycles. The van der Waals surface area contributed by atoms with Gasteiger partial charge in [0, 0.05) is 12.6 Å². The number of aliphatic hydroxyl groups excluding tert-OH is 1. The summed E-state index contributed by atoms with van der Waals surface area (Å²) in [6.07, 6.45) is 1.41. The van der Waals surface area contributed by atoms with Crippen LogP contribution in [0.25, 0.3) is 0 Å². The van der Waals surface area contributed by atoms with Crippen molar-refractivity contribution in [1.29, 1.82) is 0 Å². The van der Waals surface area contributed by atoms with Gasteiger partial charge >= 0.3 is 0 Å². The molecule has 6 heteroatoms. The van der Waals surface area contributed by atoms with Crippen LogP contribution in [0.5, 0.6) is 0 Å². The van der Waals surface area contributed by atoms with Crippen molar-refractivity contribution in [1.82, 2.24) is 4.98 Å². The molecule has 1 aromatic heterocycles. The second kappa shape index (κ2) is 5.26. The fourth-order valence-corrected chi connectivity index (χ4v) is 0.965. The molecule has 15 heavy (non-hydrogen) atoms. The number of pyridine rings is 1. The molecule has 0 aliphatic heterocycles. The number of aromatic nitrogens is 1. The molecule has 0 radical (unpaired) electrons. The van der Waals surface area contributed by atoms with Gasteiger partial charge < -0.3 is 10.4 Å². The molecular weight excluding hydrogens is 198 g/mol. The number of nitro groups is 1. The van der Waals surface area contributed by atoms with Crippen molar-refractivity contribution in [2.75, 3.05) is 11.9 Å². The minimum absolute atomic E-state index is 0.0448. The van der Waals surface area contributed by atoms with Crippen molar-refractivity contribution in [3.63, 3.8) is 0 Å². The largest absolute Gasteiger partial charge is 0.391 e. The maximum absolute atomic E-state index is 10.3. The van der Waals surface area contributed by atoms with Crippen molar-refractivity contribution in [2.24, 2.45) is 0 Å². The standard InChI is InChI=1S/C9H13N3O3/c1-2-8(13)6-11-9-4-3-7(5-10-9)12(14)15/h3-5,8,13H,2,6H2,1H3,(H,10,11). The predicted octanol–water partition coefficient (Wildman–Crippen LogP) is 1.17. The zero-order valence-corrected chi connectivity index (χ0v) is 8.38. The van der Waals surface area contributed by atoms with Gasteiger partial charge in [-0.2, -0.15) is 0 Å². The average Bonchev–Trinajstić information content (AvgIpc) is 2.26. The number of hydrogen-bond donors (Lipinski definition) is 2. The SMILES string of the molecule is CCC(O)CNc1ccc([N+](=O)[O-])cn1. The lowest BCUT2D eigenvalue weighted by Crippen LogP contribution is -2.18. The van der Waals surface area contributed by atoms with Gasteiger partial charge in [0.15, 0.2) is 0 Å². The Morgan fingerprint density at radius 2 is 2.40 bits per heavy atom. The number of aliphatic hydroxyl groups is 1. The number of nitrogens with zero attached hydrogens (tertiary/aromatic N) is 2. The van der Waals surface area contributed by atoms with Gasteiger partial charge in [-0.05, 0) is 12.5 Å². The highest BCUT2D eigenvalue weighted by atomic mass is 16.6.